The van der Waals surface area contributed by atoms with Gasteiger partial charge >= 0.3 is 5.97 Å². The molecule has 0 aliphatic carbocycles. The number of hydrogen-bond acceptors (Lipinski definition) is 2. The van der Waals surface area contributed by atoms with Crippen molar-refractivity contribution in [1.82, 2.24) is 0 Å². The van der Waals surface area contributed by atoms with Gasteiger partial charge < -0.3 is 9.84 Å². The van der Waals surface area contributed by atoms with Crippen LogP contribution in [0.4, 0.5) is 0 Å². The van der Waals surface area contributed by atoms with Gasteiger partial charge in [0.2, 0.25) is 0 Å². The van der Waals surface area contributed by atoms with Crippen LogP contribution in [-0.4, -0.2) is 17.2 Å². The molecule has 0 saturated heterocycles. The maximum absolute atomic E-state index is 11.5. The topological polar surface area (TPSA) is 46.5 Å². The van der Waals surface area contributed by atoms with E-state index in [1.165, 1.54) is 0 Å². The fourth-order valence-electron chi connectivity index (χ4n) is 2.46. The van der Waals surface area contributed by atoms with Crippen molar-refractivity contribution in [3.8, 4) is 5.75 Å². The van der Waals surface area contributed by atoms with Gasteiger partial charge in [0.25, 0.3) is 0 Å². The second-order valence-corrected chi connectivity index (χ2v) is 6.20. The van der Waals surface area contributed by atoms with E-state index in [0.717, 1.165) is 20.8 Å². The number of hydrogen-bond donors (Lipinski definition) is 1. The average Bonchev–Trinajstić information content (AvgIpc) is 2.54. The Bertz CT molecular complexity index is 845. The molecule has 0 aliphatic heterocycles. The van der Waals surface area contributed by atoms with E-state index >= 15 is 0 Å². The van der Waals surface area contributed by atoms with E-state index in [0.29, 0.717) is 12.2 Å². The number of aliphatic carboxylic acids is 1. The second kappa shape index (κ2) is 6.84. The van der Waals surface area contributed by atoms with Gasteiger partial charge in [-0.2, -0.15) is 0 Å². The van der Waals surface area contributed by atoms with E-state index in [-0.39, 0.29) is 0 Å². The van der Waals surface area contributed by atoms with Gasteiger partial charge in [-0.05, 0) is 40.6 Å². The quantitative estimate of drug-likeness (QED) is 0.709. The molecule has 1 N–H and O–H groups in total. The van der Waals surface area contributed by atoms with Crippen LogP contribution in [0.1, 0.15) is 5.56 Å². The minimum Gasteiger partial charge on any atom is -0.478 e. The lowest BCUT2D eigenvalue weighted by molar-refractivity contribution is -0.145. The number of benzene rings is 3. The first-order chi connectivity index (χ1) is 11.1. The molecule has 3 aromatic carbocycles. The maximum atomic E-state index is 11.5. The van der Waals surface area contributed by atoms with Gasteiger partial charge in [0.15, 0.2) is 6.10 Å². The van der Waals surface area contributed by atoms with Gasteiger partial charge in [0.1, 0.15) is 5.75 Å². The number of halogens is 1. The summed E-state index contributed by atoms with van der Waals surface area (Å²) in [7, 11) is 0. The van der Waals surface area contributed by atoms with Gasteiger partial charge in [0.05, 0.1) is 0 Å². The van der Waals surface area contributed by atoms with E-state index in [9.17, 15) is 9.90 Å². The zero-order chi connectivity index (χ0) is 16.2. The SMILES string of the molecule is O=C(O)[C@H](Cc1cccc(Br)c1)Oc1ccc2ccccc2c1. The summed E-state index contributed by atoms with van der Waals surface area (Å²) in [6.07, 6.45) is -0.618. The Hall–Kier alpha value is -2.33. The average molecular weight is 371 g/mol. The minimum absolute atomic E-state index is 0.307. The predicted octanol–water partition coefficient (Wildman–Crippen LogP) is 4.68. The van der Waals surface area contributed by atoms with Crippen LogP contribution in [0, 0.1) is 0 Å². The Balaban J connectivity index is 1.82. The van der Waals surface area contributed by atoms with Crippen LogP contribution in [-0.2, 0) is 11.2 Å². The van der Waals surface area contributed by atoms with Crippen molar-refractivity contribution in [3.05, 3.63) is 76.8 Å². The monoisotopic (exact) mass is 370 g/mol. The first-order valence-electron chi connectivity index (χ1n) is 7.24. The standard InChI is InChI=1S/C19H15BrO3/c20-16-7-3-4-13(10-16)11-18(19(21)22)23-17-9-8-14-5-1-2-6-15(14)12-17/h1-10,12,18H,11H2,(H,21,22)/t18-/m0/s1. The molecule has 4 heteroatoms. The normalized spacial score (nSPS) is 12.0. The summed E-state index contributed by atoms with van der Waals surface area (Å²) in [5.74, 6) is -0.413. The Labute approximate surface area is 142 Å². The highest BCUT2D eigenvalue weighted by Gasteiger charge is 2.20. The number of fused-ring (bicyclic) bond motifs is 1. The van der Waals surface area contributed by atoms with Crippen molar-refractivity contribution in [2.45, 2.75) is 12.5 Å². The first-order valence-corrected chi connectivity index (χ1v) is 8.04. The molecule has 3 aromatic rings. The fourth-order valence-corrected chi connectivity index (χ4v) is 2.91. The Morgan fingerprint density at radius 3 is 2.52 bits per heavy atom. The lowest BCUT2D eigenvalue weighted by Crippen LogP contribution is -2.29. The summed E-state index contributed by atoms with van der Waals surface area (Å²) in [4.78, 5) is 11.5. The van der Waals surface area contributed by atoms with Crippen molar-refractivity contribution in [2.24, 2.45) is 0 Å². The molecule has 0 aliphatic rings. The van der Waals surface area contributed by atoms with Crippen LogP contribution in [0.25, 0.3) is 10.8 Å². The summed E-state index contributed by atoms with van der Waals surface area (Å²) in [5.41, 5.74) is 0.910. The summed E-state index contributed by atoms with van der Waals surface area (Å²) in [6.45, 7) is 0. The molecule has 0 radical (unpaired) electrons. The van der Waals surface area contributed by atoms with E-state index in [4.69, 9.17) is 4.74 Å². The zero-order valence-electron chi connectivity index (χ0n) is 12.3. The van der Waals surface area contributed by atoms with E-state index < -0.39 is 12.1 Å². The molecule has 0 aromatic heterocycles. The molecule has 0 fully saturated rings. The molecule has 0 spiro atoms. The molecule has 0 heterocycles. The van der Waals surface area contributed by atoms with Crippen molar-refractivity contribution >= 4 is 32.7 Å². The van der Waals surface area contributed by atoms with Crippen LogP contribution in [0.5, 0.6) is 5.75 Å². The lowest BCUT2D eigenvalue weighted by Gasteiger charge is -2.16. The molecular formula is C19H15BrO3. The third kappa shape index (κ3) is 3.90. The lowest BCUT2D eigenvalue weighted by atomic mass is 10.1. The maximum Gasteiger partial charge on any atom is 0.345 e. The van der Waals surface area contributed by atoms with Gasteiger partial charge in [-0.25, -0.2) is 4.79 Å². The van der Waals surface area contributed by atoms with Gasteiger partial charge in [-0.1, -0.05) is 58.4 Å². The van der Waals surface area contributed by atoms with Crippen molar-refractivity contribution in [2.75, 3.05) is 0 Å². The van der Waals surface area contributed by atoms with Gasteiger partial charge in [-0.15, -0.1) is 0 Å². The van der Waals surface area contributed by atoms with Gasteiger partial charge in [-0.3, -0.25) is 0 Å². The highest BCUT2D eigenvalue weighted by Crippen LogP contribution is 2.22. The predicted molar refractivity (Wildman–Crippen MR) is 93.8 cm³/mol. The summed E-state index contributed by atoms with van der Waals surface area (Å²) < 4.78 is 6.63. The van der Waals surface area contributed by atoms with Crippen molar-refractivity contribution in [3.63, 3.8) is 0 Å². The second-order valence-electron chi connectivity index (χ2n) is 5.29. The largest absolute Gasteiger partial charge is 0.478 e. The fraction of sp³-hybridized carbons (Fsp3) is 0.105. The smallest absolute Gasteiger partial charge is 0.345 e. The molecule has 0 amide bonds. The zero-order valence-corrected chi connectivity index (χ0v) is 13.9. The molecular weight excluding hydrogens is 356 g/mol. The van der Waals surface area contributed by atoms with E-state index in [1.807, 2.05) is 60.7 Å². The highest BCUT2D eigenvalue weighted by molar-refractivity contribution is 9.10. The van der Waals surface area contributed by atoms with E-state index in [1.54, 1.807) is 6.07 Å². The number of rotatable bonds is 5. The number of carboxylic acids is 1. The molecule has 0 bridgehead atoms. The number of carbonyl (C=O) groups is 1. The highest BCUT2D eigenvalue weighted by atomic mass is 79.9. The minimum atomic E-state index is -0.974. The molecule has 116 valence electrons. The van der Waals surface area contributed by atoms with E-state index in [2.05, 4.69) is 15.9 Å². The summed E-state index contributed by atoms with van der Waals surface area (Å²) in [5, 5.41) is 11.6. The Morgan fingerprint density at radius 2 is 1.78 bits per heavy atom. The molecule has 0 saturated carbocycles. The van der Waals surface area contributed by atoms with Crippen LogP contribution in [0.2, 0.25) is 0 Å². The third-order valence-electron chi connectivity index (χ3n) is 3.58. The van der Waals surface area contributed by atoms with Crippen LogP contribution in [0.15, 0.2) is 71.2 Å². The van der Waals surface area contributed by atoms with Crippen molar-refractivity contribution < 1.29 is 14.6 Å². The Morgan fingerprint density at radius 1 is 1.00 bits per heavy atom. The molecule has 1 atom stereocenters. The third-order valence-corrected chi connectivity index (χ3v) is 4.08. The first kappa shape index (κ1) is 15.6. The number of ether oxygens (including phenoxy) is 1. The van der Waals surface area contributed by atoms with Crippen LogP contribution < -0.4 is 4.74 Å². The van der Waals surface area contributed by atoms with Crippen molar-refractivity contribution in [1.29, 1.82) is 0 Å². The molecule has 23 heavy (non-hydrogen) atoms. The number of carboxylic acid groups (broad SMARTS) is 1. The molecule has 3 rings (SSSR count). The summed E-state index contributed by atoms with van der Waals surface area (Å²) in [6, 6.07) is 21.1. The van der Waals surface area contributed by atoms with Crippen LogP contribution in [0.3, 0.4) is 0 Å². The summed E-state index contributed by atoms with van der Waals surface area (Å²) >= 11 is 3.39. The Kier molecular flexibility index (Phi) is 4.63. The molecule has 0 unspecified atom stereocenters. The van der Waals surface area contributed by atoms with Crippen LogP contribution >= 0.6 is 15.9 Å². The van der Waals surface area contributed by atoms with Gasteiger partial charge in [0, 0.05) is 10.9 Å². The molecule has 3 nitrogen and oxygen atoms in total.